The molecule has 3 N–H and O–H groups in total. The summed E-state index contributed by atoms with van der Waals surface area (Å²) in [5, 5.41) is 3.01. The van der Waals surface area contributed by atoms with Crippen LogP contribution >= 0.6 is 0 Å². The predicted octanol–water partition coefficient (Wildman–Crippen LogP) is 2.18. The number of carbonyl (C=O) groups excluding carboxylic acids is 1. The highest BCUT2D eigenvalue weighted by atomic mass is 16.5. The van der Waals surface area contributed by atoms with Crippen molar-refractivity contribution in [3.63, 3.8) is 0 Å². The number of esters is 1. The molecule has 2 rings (SSSR count). The third kappa shape index (κ3) is 5.96. The molecule has 10 heteroatoms. The first-order chi connectivity index (χ1) is 15.5. The van der Waals surface area contributed by atoms with E-state index in [1.807, 2.05) is 0 Å². The Balaban J connectivity index is 2.40. The van der Waals surface area contributed by atoms with Gasteiger partial charge in [-0.25, -0.2) is 4.79 Å². The Morgan fingerprint density at radius 3 is 2.72 bits per heavy atom. The fourth-order valence-corrected chi connectivity index (χ4v) is 2.85. The number of methoxy groups -OCH3 is 2. The lowest BCUT2D eigenvalue weighted by molar-refractivity contribution is -0.135. The molecule has 0 bridgehead atoms. The van der Waals surface area contributed by atoms with Gasteiger partial charge in [-0.3, -0.25) is 4.57 Å². The number of carbonyl (C=O) groups is 1. The van der Waals surface area contributed by atoms with Crippen molar-refractivity contribution in [2.75, 3.05) is 40.2 Å². The first kappa shape index (κ1) is 24.6. The molecule has 0 saturated heterocycles. The van der Waals surface area contributed by atoms with E-state index in [9.17, 15) is 4.79 Å². The van der Waals surface area contributed by atoms with Gasteiger partial charge in [0.1, 0.15) is 0 Å². The molecule has 10 nitrogen and oxygen atoms in total. The fourth-order valence-electron chi connectivity index (χ4n) is 2.85. The summed E-state index contributed by atoms with van der Waals surface area (Å²) >= 11 is 0. The molecular weight excluding hydrogens is 412 g/mol. The lowest BCUT2D eigenvalue weighted by Crippen LogP contribution is -2.14. The number of nitrogen functional groups attached to an aromatic ring is 1. The van der Waals surface area contributed by atoms with Crippen LogP contribution in [0.4, 0.5) is 5.82 Å². The van der Waals surface area contributed by atoms with Crippen molar-refractivity contribution >= 4 is 23.0 Å². The van der Waals surface area contributed by atoms with Crippen LogP contribution in [0.5, 0.6) is 12.0 Å². The van der Waals surface area contributed by atoms with Crippen LogP contribution in [0.25, 0.3) is 11.2 Å². The Hall–Kier alpha value is -3.62. The van der Waals surface area contributed by atoms with Gasteiger partial charge in [0, 0.05) is 6.54 Å². The molecule has 172 valence electrons. The number of unbranched alkanes of at least 4 members (excludes halogenated alkanes) is 1. The Bertz CT molecular complexity index is 1050. The normalized spacial score (nSPS) is 11.4. The zero-order valence-corrected chi connectivity index (χ0v) is 19.0. The molecule has 2 heterocycles. The van der Waals surface area contributed by atoms with E-state index in [0.29, 0.717) is 48.0 Å². The SMILES string of the molecule is C=C/C(C(=O)OC)=C(\C=C=CCn1c(OC)nc2c(N)nc(OCCCC)nc21)CNC. The number of nitrogens with one attached hydrogen (secondary N) is 1. The first-order valence-electron chi connectivity index (χ1n) is 10.2. The van der Waals surface area contributed by atoms with Crippen LogP contribution in [-0.2, 0) is 16.1 Å². The smallest absolute Gasteiger partial charge is 0.338 e. The molecule has 0 amide bonds. The Morgan fingerprint density at radius 1 is 1.31 bits per heavy atom. The van der Waals surface area contributed by atoms with E-state index in [4.69, 9.17) is 19.9 Å². The highest BCUT2D eigenvalue weighted by Crippen LogP contribution is 2.25. The lowest BCUT2D eigenvalue weighted by Gasteiger charge is -2.07. The molecule has 32 heavy (non-hydrogen) atoms. The summed E-state index contributed by atoms with van der Waals surface area (Å²) in [6, 6.07) is 0.525. The number of nitrogens with two attached hydrogens (primary N) is 1. The topological polar surface area (TPSA) is 126 Å². The molecule has 0 aliphatic rings. The minimum absolute atomic E-state index is 0.194. The molecule has 0 aliphatic heterocycles. The van der Waals surface area contributed by atoms with Crippen molar-refractivity contribution in [1.82, 2.24) is 24.8 Å². The van der Waals surface area contributed by atoms with E-state index in [1.54, 1.807) is 23.8 Å². The molecule has 0 aromatic carbocycles. The van der Waals surface area contributed by atoms with Crippen molar-refractivity contribution in [1.29, 1.82) is 0 Å². The van der Waals surface area contributed by atoms with Crippen LogP contribution in [0, 0.1) is 0 Å². The Kier molecular flexibility index (Phi) is 9.46. The van der Waals surface area contributed by atoms with Gasteiger partial charge in [-0.1, -0.05) is 26.0 Å². The lowest BCUT2D eigenvalue weighted by atomic mass is 10.1. The zero-order valence-electron chi connectivity index (χ0n) is 19.0. The van der Waals surface area contributed by atoms with E-state index in [-0.39, 0.29) is 11.8 Å². The van der Waals surface area contributed by atoms with Crippen molar-refractivity contribution in [2.24, 2.45) is 0 Å². The Labute approximate surface area is 187 Å². The van der Waals surface area contributed by atoms with Crippen LogP contribution in [0.3, 0.4) is 0 Å². The summed E-state index contributed by atoms with van der Waals surface area (Å²) in [6.07, 6.45) is 6.79. The van der Waals surface area contributed by atoms with Crippen molar-refractivity contribution in [2.45, 2.75) is 26.3 Å². The third-order valence-corrected chi connectivity index (χ3v) is 4.45. The quantitative estimate of drug-likeness (QED) is 0.167. The van der Waals surface area contributed by atoms with E-state index in [1.165, 1.54) is 20.3 Å². The largest absolute Gasteiger partial charge is 0.468 e. The summed E-state index contributed by atoms with van der Waals surface area (Å²) < 4.78 is 17.5. The van der Waals surface area contributed by atoms with Crippen LogP contribution in [-0.4, -0.2) is 59.9 Å². The summed E-state index contributed by atoms with van der Waals surface area (Å²) in [7, 11) is 4.62. The minimum Gasteiger partial charge on any atom is -0.468 e. The van der Waals surface area contributed by atoms with Gasteiger partial charge in [-0.05, 0) is 31.2 Å². The van der Waals surface area contributed by atoms with Crippen LogP contribution in [0.15, 0.2) is 41.7 Å². The molecule has 2 aromatic rings. The number of rotatable bonds is 12. The Morgan fingerprint density at radius 2 is 2.09 bits per heavy atom. The number of likely N-dealkylation sites (N-methyl/N-ethyl adjacent to an activating group) is 1. The molecule has 0 aliphatic carbocycles. The van der Waals surface area contributed by atoms with Gasteiger partial charge >= 0.3 is 12.0 Å². The van der Waals surface area contributed by atoms with E-state index in [2.05, 4.69) is 39.5 Å². The highest BCUT2D eigenvalue weighted by Gasteiger charge is 2.17. The molecule has 2 aromatic heterocycles. The van der Waals surface area contributed by atoms with Gasteiger partial charge in [0.25, 0.3) is 6.01 Å². The summed E-state index contributed by atoms with van der Waals surface area (Å²) in [4.78, 5) is 25.0. The number of hydrogen-bond acceptors (Lipinski definition) is 9. The molecule has 0 saturated carbocycles. The second kappa shape index (κ2) is 12.3. The van der Waals surface area contributed by atoms with Crippen molar-refractivity contribution in [3.05, 3.63) is 41.7 Å². The van der Waals surface area contributed by atoms with Gasteiger partial charge in [-0.2, -0.15) is 15.0 Å². The molecule has 0 atom stereocenters. The number of anilines is 1. The fraction of sp³-hybridized carbons (Fsp3) is 0.409. The van der Waals surface area contributed by atoms with Crippen LogP contribution in [0.1, 0.15) is 19.8 Å². The number of imidazole rings is 1. The molecule has 0 unspecified atom stereocenters. The van der Waals surface area contributed by atoms with Gasteiger partial charge in [-0.15, -0.1) is 5.73 Å². The summed E-state index contributed by atoms with van der Waals surface area (Å²) in [5.74, 6) is -0.251. The summed E-state index contributed by atoms with van der Waals surface area (Å²) in [6.45, 7) is 7.05. The van der Waals surface area contributed by atoms with Crippen molar-refractivity contribution < 1.29 is 19.0 Å². The standard InChI is InChI=1S/C22H30N6O4/c1-6-8-13-32-21-26-18(23)17-19(27-21)28(22(25-17)31-5)12-10-9-11-15(14-24-3)16(7-2)20(29)30-4/h7,10-11,24H,2,6,8,12-14H2,1,3-5H3,(H2,23,26,27)/b16-15-. The monoisotopic (exact) mass is 442 g/mol. The number of fused-ring (bicyclic) bond motifs is 1. The maximum atomic E-state index is 12.0. The average molecular weight is 443 g/mol. The second-order valence-corrected chi connectivity index (χ2v) is 6.65. The zero-order chi connectivity index (χ0) is 23.5. The number of aromatic nitrogens is 4. The number of ether oxygens (including phenoxy) is 3. The third-order valence-electron chi connectivity index (χ3n) is 4.45. The average Bonchev–Trinajstić information content (AvgIpc) is 3.15. The van der Waals surface area contributed by atoms with E-state index in [0.717, 1.165) is 12.8 Å². The van der Waals surface area contributed by atoms with E-state index < -0.39 is 5.97 Å². The van der Waals surface area contributed by atoms with Crippen molar-refractivity contribution in [3.8, 4) is 12.0 Å². The number of nitrogens with zero attached hydrogens (tertiary/aromatic N) is 4. The van der Waals surface area contributed by atoms with E-state index >= 15 is 0 Å². The maximum absolute atomic E-state index is 12.0. The molecule has 0 spiro atoms. The highest BCUT2D eigenvalue weighted by molar-refractivity contribution is 5.92. The van der Waals surface area contributed by atoms with Crippen LogP contribution in [0.2, 0.25) is 0 Å². The second-order valence-electron chi connectivity index (χ2n) is 6.65. The molecule has 0 radical (unpaired) electrons. The van der Waals surface area contributed by atoms with Gasteiger partial charge in [0.15, 0.2) is 17.0 Å². The summed E-state index contributed by atoms with van der Waals surface area (Å²) in [5.41, 5.74) is 11.1. The van der Waals surface area contributed by atoms with Gasteiger partial charge in [0.2, 0.25) is 0 Å². The molecular formula is C22H30N6O4. The number of hydrogen-bond donors (Lipinski definition) is 2. The minimum atomic E-state index is -0.464. The maximum Gasteiger partial charge on any atom is 0.338 e. The van der Waals surface area contributed by atoms with Crippen LogP contribution < -0.4 is 20.5 Å². The first-order valence-corrected chi connectivity index (χ1v) is 10.2. The van der Waals surface area contributed by atoms with Gasteiger partial charge < -0.3 is 25.3 Å². The predicted molar refractivity (Wildman–Crippen MR) is 123 cm³/mol. The molecule has 0 fully saturated rings. The van der Waals surface area contributed by atoms with Gasteiger partial charge in [0.05, 0.1) is 32.9 Å².